The van der Waals surface area contributed by atoms with Crippen LogP contribution in [0.1, 0.15) is 20.3 Å². The Kier molecular flexibility index (Phi) is 6.45. The zero-order valence-electron chi connectivity index (χ0n) is 15.5. The van der Waals surface area contributed by atoms with Crippen LogP contribution < -0.4 is 4.74 Å². The van der Waals surface area contributed by atoms with Gasteiger partial charge in [-0.25, -0.2) is 0 Å². The molecule has 136 valence electrons. The van der Waals surface area contributed by atoms with Crippen molar-refractivity contribution in [3.8, 4) is 28.3 Å². The maximum absolute atomic E-state index is 6.04. The van der Waals surface area contributed by atoms with E-state index in [1.165, 1.54) is 0 Å². The Morgan fingerprint density at radius 2 is 1.69 bits per heavy atom. The highest BCUT2D eigenvalue weighted by Crippen LogP contribution is 2.32. The Labute approximate surface area is 155 Å². The first-order valence-corrected chi connectivity index (χ1v) is 9.28. The minimum absolute atomic E-state index is 0.691. The van der Waals surface area contributed by atoms with Gasteiger partial charge in [-0.1, -0.05) is 61.5 Å². The van der Waals surface area contributed by atoms with E-state index >= 15 is 0 Å². The van der Waals surface area contributed by atoms with Crippen molar-refractivity contribution in [2.75, 3.05) is 26.2 Å². The standard InChI is InChI=1S/C22H26N2O2/c1-3-24(4-2)15-10-16-25-21-14-9-8-13-19(21)20-17-22(26-23-20)18-11-6-5-7-12-18/h5-9,11-14,17H,3-4,10,15-16H2,1-2H3. The largest absolute Gasteiger partial charge is 0.493 e. The predicted molar refractivity (Wildman–Crippen MR) is 105 cm³/mol. The van der Waals surface area contributed by atoms with Crippen molar-refractivity contribution < 1.29 is 9.26 Å². The van der Waals surface area contributed by atoms with E-state index in [2.05, 4.69) is 23.9 Å². The van der Waals surface area contributed by atoms with E-state index in [4.69, 9.17) is 9.26 Å². The van der Waals surface area contributed by atoms with Crippen LogP contribution in [-0.4, -0.2) is 36.3 Å². The van der Waals surface area contributed by atoms with Crippen LogP contribution in [0.5, 0.6) is 5.75 Å². The first kappa shape index (κ1) is 18.2. The maximum Gasteiger partial charge on any atom is 0.167 e. The summed E-state index contributed by atoms with van der Waals surface area (Å²) in [5.41, 5.74) is 2.77. The molecule has 0 amide bonds. The van der Waals surface area contributed by atoms with Crippen LogP contribution in [0, 0.1) is 0 Å². The normalized spacial score (nSPS) is 11.0. The van der Waals surface area contributed by atoms with Crippen LogP contribution in [-0.2, 0) is 0 Å². The van der Waals surface area contributed by atoms with Gasteiger partial charge in [0.2, 0.25) is 0 Å². The SMILES string of the molecule is CCN(CC)CCCOc1ccccc1-c1cc(-c2ccccc2)on1. The van der Waals surface area contributed by atoms with Crippen molar-refractivity contribution in [1.82, 2.24) is 10.1 Å². The summed E-state index contributed by atoms with van der Waals surface area (Å²) in [4.78, 5) is 2.40. The van der Waals surface area contributed by atoms with Crippen molar-refractivity contribution in [3.05, 3.63) is 60.7 Å². The highest BCUT2D eigenvalue weighted by atomic mass is 16.5. The Morgan fingerprint density at radius 3 is 2.46 bits per heavy atom. The first-order chi connectivity index (χ1) is 12.8. The number of benzene rings is 2. The molecular formula is C22H26N2O2. The fourth-order valence-electron chi connectivity index (χ4n) is 2.95. The number of hydrogen-bond donors (Lipinski definition) is 0. The summed E-state index contributed by atoms with van der Waals surface area (Å²) in [5.74, 6) is 1.61. The van der Waals surface area contributed by atoms with Crippen LogP contribution in [0.3, 0.4) is 0 Å². The average molecular weight is 350 g/mol. The van der Waals surface area contributed by atoms with E-state index in [1.807, 2.05) is 60.7 Å². The maximum atomic E-state index is 6.04. The van der Waals surface area contributed by atoms with E-state index in [1.54, 1.807) is 0 Å². The van der Waals surface area contributed by atoms with Gasteiger partial charge in [0.15, 0.2) is 5.76 Å². The lowest BCUT2D eigenvalue weighted by Gasteiger charge is -2.18. The third-order valence-electron chi connectivity index (χ3n) is 4.50. The molecule has 0 fully saturated rings. The van der Waals surface area contributed by atoms with Crippen LogP contribution in [0.15, 0.2) is 65.2 Å². The number of aromatic nitrogens is 1. The first-order valence-electron chi connectivity index (χ1n) is 9.28. The highest BCUT2D eigenvalue weighted by molar-refractivity contribution is 5.71. The molecule has 4 nitrogen and oxygen atoms in total. The molecule has 0 aliphatic heterocycles. The lowest BCUT2D eigenvalue weighted by molar-refractivity contribution is 0.249. The van der Waals surface area contributed by atoms with Crippen molar-refractivity contribution in [2.24, 2.45) is 0 Å². The van der Waals surface area contributed by atoms with Crippen LogP contribution >= 0.6 is 0 Å². The summed E-state index contributed by atoms with van der Waals surface area (Å²) in [7, 11) is 0. The molecule has 3 aromatic rings. The third-order valence-corrected chi connectivity index (χ3v) is 4.50. The Bertz CT molecular complexity index is 795. The van der Waals surface area contributed by atoms with Gasteiger partial charge >= 0.3 is 0 Å². The monoisotopic (exact) mass is 350 g/mol. The van der Waals surface area contributed by atoms with E-state index < -0.39 is 0 Å². The molecule has 1 aromatic heterocycles. The van der Waals surface area contributed by atoms with E-state index in [9.17, 15) is 0 Å². The van der Waals surface area contributed by atoms with Gasteiger partial charge in [0, 0.05) is 23.7 Å². The van der Waals surface area contributed by atoms with Crippen molar-refractivity contribution in [1.29, 1.82) is 0 Å². The molecule has 0 N–H and O–H groups in total. The smallest absolute Gasteiger partial charge is 0.167 e. The molecule has 0 saturated heterocycles. The van der Waals surface area contributed by atoms with Gasteiger partial charge in [-0.05, 0) is 31.6 Å². The molecule has 0 saturated carbocycles. The molecule has 4 heteroatoms. The summed E-state index contributed by atoms with van der Waals surface area (Å²) in [5, 5.41) is 4.24. The summed E-state index contributed by atoms with van der Waals surface area (Å²) in [6.07, 6.45) is 1.00. The molecule has 0 aliphatic carbocycles. The zero-order chi connectivity index (χ0) is 18.2. The molecule has 0 atom stereocenters. The van der Waals surface area contributed by atoms with E-state index in [0.717, 1.165) is 54.4 Å². The van der Waals surface area contributed by atoms with Gasteiger partial charge in [0.05, 0.1) is 6.61 Å². The van der Waals surface area contributed by atoms with Gasteiger partial charge < -0.3 is 14.2 Å². The number of ether oxygens (including phenoxy) is 1. The van der Waals surface area contributed by atoms with Gasteiger partial charge in [-0.3, -0.25) is 0 Å². The molecule has 26 heavy (non-hydrogen) atoms. The quantitative estimate of drug-likeness (QED) is 0.502. The number of rotatable bonds is 9. The van der Waals surface area contributed by atoms with Gasteiger partial charge in [0.25, 0.3) is 0 Å². The summed E-state index contributed by atoms with van der Waals surface area (Å²) < 4.78 is 11.6. The second-order valence-corrected chi connectivity index (χ2v) is 6.17. The second kappa shape index (κ2) is 9.20. The van der Waals surface area contributed by atoms with Crippen molar-refractivity contribution >= 4 is 0 Å². The lowest BCUT2D eigenvalue weighted by Crippen LogP contribution is -2.25. The molecule has 0 aliphatic rings. The van der Waals surface area contributed by atoms with E-state index in [-0.39, 0.29) is 0 Å². The summed E-state index contributed by atoms with van der Waals surface area (Å²) >= 11 is 0. The number of para-hydroxylation sites is 1. The molecule has 2 aromatic carbocycles. The molecule has 0 radical (unpaired) electrons. The fourth-order valence-corrected chi connectivity index (χ4v) is 2.95. The van der Waals surface area contributed by atoms with Gasteiger partial charge in [-0.15, -0.1) is 0 Å². The fraction of sp³-hybridized carbons (Fsp3) is 0.318. The minimum atomic E-state index is 0.691. The van der Waals surface area contributed by atoms with Crippen LogP contribution in [0.4, 0.5) is 0 Å². The molecule has 3 rings (SSSR count). The lowest BCUT2D eigenvalue weighted by atomic mass is 10.1. The number of hydrogen-bond acceptors (Lipinski definition) is 4. The molecule has 0 unspecified atom stereocenters. The summed E-state index contributed by atoms with van der Waals surface area (Å²) in [6, 6.07) is 20.0. The van der Waals surface area contributed by atoms with Crippen LogP contribution in [0.2, 0.25) is 0 Å². The molecule has 0 bridgehead atoms. The Morgan fingerprint density at radius 1 is 0.962 bits per heavy atom. The molecule has 1 heterocycles. The predicted octanol–water partition coefficient (Wildman–Crippen LogP) is 5.12. The zero-order valence-corrected chi connectivity index (χ0v) is 15.5. The van der Waals surface area contributed by atoms with Gasteiger partial charge in [0.1, 0.15) is 11.4 Å². The molecule has 0 spiro atoms. The second-order valence-electron chi connectivity index (χ2n) is 6.17. The Balaban J connectivity index is 1.69. The topological polar surface area (TPSA) is 38.5 Å². The third kappa shape index (κ3) is 4.52. The summed E-state index contributed by atoms with van der Waals surface area (Å²) in [6.45, 7) is 8.28. The highest BCUT2D eigenvalue weighted by Gasteiger charge is 2.12. The Hall–Kier alpha value is -2.59. The number of nitrogens with zero attached hydrogens (tertiary/aromatic N) is 2. The minimum Gasteiger partial charge on any atom is -0.493 e. The van der Waals surface area contributed by atoms with Gasteiger partial charge in [-0.2, -0.15) is 0 Å². The van der Waals surface area contributed by atoms with Crippen molar-refractivity contribution in [3.63, 3.8) is 0 Å². The van der Waals surface area contributed by atoms with Crippen molar-refractivity contribution in [2.45, 2.75) is 20.3 Å². The molecular weight excluding hydrogens is 324 g/mol. The van der Waals surface area contributed by atoms with E-state index in [0.29, 0.717) is 6.61 Å². The van der Waals surface area contributed by atoms with Crippen LogP contribution in [0.25, 0.3) is 22.6 Å². The average Bonchev–Trinajstić information content (AvgIpc) is 3.19.